The zero-order valence-electron chi connectivity index (χ0n) is 17.6. The topological polar surface area (TPSA) is 61.3 Å². The van der Waals surface area contributed by atoms with Crippen molar-refractivity contribution in [3.05, 3.63) is 66.4 Å². The van der Waals surface area contributed by atoms with Crippen molar-refractivity contribution in [2.24, 2.45) is 0 Å². The van der Waals surface area contributed by atoms with Gasteiger partial charge < -0.3 is 14.8 Å². The third-order valence-electron chi connectivity index (χ3n) is 5.67. The highest BCUT2D eigenvalue weighted by Gasteiger charge is 2.16. The lowest BCUT2D eigenvalue weighted by molar-refractivity contribution is 0.0945. The van der Waals surface area contributed by atoms with Crippen LogP contribution in [-0.4, -0.2) is 46.7 Å². The summed E-state index contributed by atoms with van der Waals surface area (Å²) in [6.07, 6.45) is 6.86. The average Bonchev–Trinajstić information content (AvgIpc) is 3.21. The summed E-state index contributed by atoms with van der Waals surface area (Å²) in [4.78, 5) is 15.4. The van der Waals surface area contributed by atoms with Crippen LogP contribution in [-0.2, 0) is 0 Å². The molecule has 0 radical (unpaired) electrons. The number of carbonyl (C=O) groups is 1. The van der Waals surface area contributed by atoms with Crippen molar-refractivity contribution in [2.75, 3.05) is 26.2 Å². The van der Waals surface area contributed by atoms with Crippen molar-refractivity contribution >= 4 is 34.1 Å². The maximum absolute atomic E-state index is 12.9. The Balaban J connectivity index is 1.32. The molecule has 1 amide bonds. The number of thiocarbonyl (C=S) groups is 1. The van der Waals surface area contributed by atoms with Crippen LogP contribution in [0.2, 0.25) is 0 Å². The van der Waals surface area contributed by atoms with Crippen LogP contribution in [0.5, 0.6) is 0 Å². The number of aromatic nitrogens is 1. The molecule has 7 heteroatoms. The van der Waals surface area contributed by atoms with Crippen LogP contribution >= 0.6 is 12.2 Å². The third-order valence-corrected chi connectivity index (χ3v) is 5.91. The fourth-order valence-electron chi connectivity index (χ4n) is 4.08. The van der Waals surface area contributed by atoms with Gasteiger partial charge in [-0.1, -0.05) is 42.8 Å². The highest BCUT2D eigenvalue weighted by molar-refractivity contribution is 7.80. The number of piperidine rings is 1. The lowest BCUT2D eigenvalue weighted by Crippen LogP contribution is -2.47. The zero-order valence-corrected chi connectivity index (χ0v) is 18.5. The minimum Gasteiger partial charge on any atom is -0.361 e. The minimum atomic E-state index is -0.219. The minimum absolute atomic E-state index is 0.219. The standard InChI is InChI=1S/C24H29N5OS/c30-23(26-27-24(31)25-14-9-17-28-15-7-2-8-16-28)21-18-29(19-10-3-1-4-11-19)22-13-6-5-12-20(21)22/h1,3-6,10-13,18H,2,7-9,14-17H2,(H,26,30)(H2,25,27,31). The highest BCUT2D eigenvalue weighted by atomic mass is 32.1. The molecule has 0 spiro atoms. The van der Waals surface area contributed by atoms with Crippen LogP contribution in [0, 0.1) is 0 Å². The van der Waals surface area contributed by atoms with E-state index >= 15 is 0 Å². The molecule has 0 aliphatic carbocycles. The van der Waals surface area contributed by atoms with Crippen molar-refractivity contribution in [3.63, 3.8) is 0 Å². The second-order valence-electron chi connectivity index (χ2n) is 7.86. The van der Waals surface area contributed by atoms with E-state index in [0.29, 0.717) is 10.7 Å². The summed E-state index contributed by atoms with van der Waals surface area (Å²) in [6, 6.07) is 17.9. The van der Waals surface area contributed by atoms with Crippen LogP contribution in [0.3, 0.4) is 0 Å². The SMILES string of the molecule is O=C(NNC(=S)NCCCN1CCCCC1)c1cn(-c2ccccc2)c2ccccc12. The van der Waals surface area contributed by atoms with Gasteiger partial charge in [0.15, 0.2) is 5.11 Å². The predicted octanol–water partition coefficient (Wildman–Crippen LogP) is 3.62. The lowest BCUT2D eigenvalue weighted by Gasteiger charge is -2.26. The number of nitrogens with zero attached hydrogens (tertiary/aromatic N) is 2. The number of carbonyl (C=O) groups excluding carboxylic acids is 1. The quantitative estimate of drug-likeness (QED) is 0.314. The van der Waals surface area contributed by atoms with Gasteiger partial charge in [-0.05, 0) is 69.3 Å². The monoisotopic (exact) mass is 435 g/mol. The van der Waals surface area contributed by atoms with Crippen molar-refractivity contribution in [3.8, 4) is 5.69 Å². The molecule has 1 fully saturated rings. The predicted molar refractivity (Wildman–Crippen MR) is 129 cm³/mol. The molecule has 3 aromatic rings. The van der Waals surface area contributed by atoms with Crippen LogP contribution in [0.15, 0.2) is 60.8 Å². The summed E-state index contributed by atoms with van der Waals surface area (Å²) in [6.45, 7) is 4.27. The highest BCUT2D eigenvalue weighted by Crippen LogP contribution is 2.24. The number of hydrazine groups is 1. The van der Waals surface area contributed by atoms with Gasteiger partial charge >= 0.3 is 0 Å². The van der Waals surface area contributed by atoms with Crippen LogP contribution in [0.25, 0.3) is 16.6 Å². The molecule has 0 bridgehead atoms. The molecule has 31 heavy (non-hydrogen) atoms. The Morgan fingerprint density at radius 2 is 1.68 bits per heavy atom. The largest absolute Gasteiger partial charge is 0.361 e. The number of hydrogen-bond acceptors (Lipinski definition) is 3. The van der Waals surface area contributed by atoms with E-state index in [1.54, 1.807) is 0 Å². The molecule has 2 aromatic carbocycles. The average molecular weight is 436 g/mol. The number of rotatable bonds is 6. The molecule has 1 saturated heterocycles. The first-order valence-electron chi connectivity index (χ1n) is 10.9. The van der Waals surface area contributed by atoms with Crippen molar-refractivity contribution in [1.82, 2.24) is 25.6 Å². The Morgan fingerprint density at radius 1 is 0.935 bits per heavy atom. The van der Waals surface area contributed by atoms with E-state index in [2.05, 4.69) is 21.1 Å². The van der Waals surface area contributed by atoms with Crippen LogP contribution < -0.4 is 16.2 Å². The van der Waals surface area contributed by atoms with E-state index in [1.807, 2.05) is 65.4 Å². The maximum atomic E-state index is 12.9. The van der Waals surface area contributed by atoms with Gasteiger partial charge in [-0.3, -0.25) is 15.6 Å². The molecule has 1 aromatic heterocycles. The molecular weight excluding hydrogens is 406 g/mol. The lowest BCUT2D eigenvalue weighted by atomic mass is 10.1. The number of benzene rings is 2. The molecule has 3 N–H and O–H groups in total. The molecule has 2 heterocycles. The Morgan fingerprint density at radius 3 is 2.48 bits per heavy atom. The molecule has 1 aliphatic heterocycles. The van der Waals surface area contributed by atoms with E-state index in [4.69, 9.17) is 12.2 Å². The van der Waals surface area contributed by atoms with Gasteiger partial charge in [-0.25, -0.2) is 0 Å². The van der Waals surface area contributed by atoms with Gasteiger partial charge in [-0.2, -0.15) is 0 Å². The Kier molecular flexibility index (Phi) is 7.17. The first kappa shape index (κ1) is 21.3. The third kappa shape index (κ3) is 5.42. The number of hydrogen-bond donors (Lipinski definition) is 3. The van der Waals surface area contributed by atoms with Crippen molar-refractivity contribution in [2.45, 2.75) is 25.7 Å². The fourth-order valence-corrected chi connectivity index (χ4v) is 4.23. The number of fused-ring (bicyclic) bond motifs is 1. The first-order valence-corrected chi connectivity index (χ1v) is 11.4. The van der Waals surface area contributed by atoms with E-state index in [9.17, 15) is 4.79 Å². The molecule has 0 atom stereocenters. The number of nitrogens with one attached hydrogen (secondary N) is 3. The Bertz CT molecular complexity index is 1030. The molecule has 0 saturated carbocycles. The molecule has 162 valence electrons. The zero-order chi connectivity index (χ0) is 21.5. The molecular formula is C24H29N5OS. The summed E-state index contributed by atoms with van der Waals surface area (Å²) >= 11 is 5.31. The summed E-state index contributed by atoms with van der Waals surface area (Å²) in [5.74, 6) is -0.219. The number of para-hydroxylation sites is 2. The molecule has 0 unspecified atom stereocenters. The van der Waals surface area contributed by atoms with Crippen LogP contribution in [0.4, 0.5) is 0 Å². The number of amides is 1. The Hall–Kier alpha value is -2.90. The van der Waals surface area contributed by atoms with E-state index in [-0.39, 0.29) is 5.91 Å². The van der Waals surface area contributed by atoms with Crippen molar-refractivity contribution < 1.29 is 4.79 Å². The number of likely N-dealkylation sites (tertiary alicyclic amines) is 1. The summed E-state index contributed by atoms with van der Waals surface area (Å²) in [5.41, 5.74) is 8.15. The van der Waals surface area contributed by atoms with Gasteiger partial charge in [0.1, 0.15) is 0 Å². The summed E-state index contributed by atoms with van der Waals surface area (Å²) in [5, 5.41) is 4.49. The van der Waals surface area contributed by atoms with E-state index < -0.39 is 0 Å². The maximum Gasteiger partial charge on any atom is 0.271 e. The van der Waals surface area contributed by atoms with Gasteiger partial charge in [0, 0.05) is 23.8 Å². The van der Waals surface area contributed by atoms with Gasteiger partial charge in [0.2, 0.25) is 0 Å². The molecule has 1 aliphatic rings. The normalized spacial score (nSPS) is 14.3. The van der Waals surface area contributed by atoms with Crippen molar-refractivity contribution in [1.29, 1.82) is 0 Å². The smallest absolute Gasteiger partial charge is 0.271 e. The van der Waals surface area contributed by atoms with Gasteiger partial charge in [0.25, 0.3) is 5.91 Å². The first-order chi connectivity index (χ1) is 15.2. The second-order valence-corrected chi connectivity index (χ2v) is 8.26. The molecule has 4 rings (SSSR count). The van der Waals surface area contributed by atoms with Gasteiger partial charge in [0.05, 0.1) is 11.1 Å². The Labute approximate surface area is 188 Å². The van der Waals surface area contributed by atoms with E-state index in [0.717, 1.165) is 36.1 Å². The fraction of sp³-hybridized carbons (Fsp3) is 0.333. The van der Waals surface area contributed by atoms with Crippen LogP contribution in [0.1, 0.15) is 36.0 Å². The molecule has 6 nitrogen and oxygen atoms in total. The second kappa shape index (κ2) is 10.4. The summed E-state index contributed by atoms with van der Waals surface area (Å²) in [7, 11) is 0. The summed E-state index contributed by atoms with van der Waals surface area (Å²) < 4.78 is 2.03. The van der Waals surface area contributed by atoms with E-state index in [1.165, 1.54) is 32.4 Å². The van der Waals surface area contributed by atoms with Gasteiger partial charge in [-0.15, -0.1) is 0 Å².